The molecule has 0 heterocycles. The number of Topliss-reactive ketones (excluding diaryl/α,β-unsaturated/α-hetero) is 2. The highest BCUT2D eigenvalue weighted by Crippen LogP contribution is 2.29. The standard InChI is InChI=1S/C18H14ClNO3/c1-2-23-12-9-7-11(8-10-12)20-16-15(19)17(21)13-5-3-4-6-14(13)18(16)22/h3-10,20H,2H2,1H3. The minimum Gasteiger partial charge on any atom is -0.494 e. The molecule has 0 saturated carbocycles. The summed E-state index contributed by atoms with van der Waals surface area (Å²) in [6, 6.07) is 13.7. The molecular formula is C18H14ClNO3. The molecule has 1 N–H and O–H groups in total. The number of fused-ring (bicyclic) bond motifs is 1. The van der Waals surface area contributed by atoms with E-state index in [1.54, 1.807) is 48.5 Å². The average molecular weight is 328 g/mol. The van der Waals surface area contributed by atoms with Gasteiger partial charge in [0.2, 0.25) is 11.6 Å². The van der Waals surface area contributed by atoms with Crippen molar-refractivity contribution in [2.75, 3.05) is 11.9 Å². The molecule has 23 heavy (non-hydrogen) atoms. The summed E-state index contributed by atoms with van der Waals surface area (Å²) >= 11 is 6.11. The van der Waals surface area contributed by atoms with Gasteiger partial charge in [0.05, 0.1) is 6.61 Å². The Labute approximate surface area is 138 Å². The number of halogens is 1. The number of ether oxygens (including phenoxy) is 1. The van der Waals surface area contributed by atoms with Crippen LogP contribution in [0.3, 0.4) is 0 Å². The summed E-state index contributed by atoms with van der Waals surface area (Å²) in [5.74, 6) is 0.0870. The van der Waals surface area contributed by atoms with E-state index in [1.165, 1.54) is 0 Å². The average Bonchev–Trinajstić information content (AvgIpc) is 2.58. The van der Waals surface area contributed by atoms with Crippen molar-refractivity contribution in [2.24, 2.45) is 0 Å². The Hall–Kier alpha value is -2.59. The van der Waals surface area contributed by atoms with Crippen LogP contribution in [0.2, 0.25) is 0 Å². The Bertz CT molecular complexity index is 809. The van der Waals surface area contributed by atoms with E-state index in [-0.39, 0.29) is 22.3 Å². The van der Waals surface area contributed by atoms with Crippen LogP contribution in [0.5, 0.6) is 5.75 Å². The van der Waals surface area contributed by atoms with E-state index in [1.807, 2.05) is 6.92 Å². The second kappa shape index (κ2) is 6.26. The fourth-order valence-corrected chi connectivity index (χ4v) is 2.64. The number of hydrogen-bond acceptors (Lipinski definition) is 4. The summed E-state index contributed by atoms with van der Waals surface area (Å²) in [7, 11) is 0. The Morgan fingerprint density at radius 1 is 0.957 bits per heavy atom. The van der Waals surface area contributed by atoms with Crippen molar-refractivity contribution in [3.63, 3.8) is 0 Å². The van der Waals surface area contributed by atoms with Crippen LogP contribution in [-0.4, -0.2) is 18.2 Å². The highest BCUT2D eigenvalue weighted by molar-refractivity contribution is 6.50. The lowest BCUT2D eigenvalue weighted by Crippen LogP contribution is -2.24. The first kappa shape index (κ1) is 15.3. The predicted octanol–water partition coefficient (Wildman–Crippen LogP) is 4.03. The summed E-state index contributed by atoms with van der Waals surface area (Å²) in [6.45, 7) is 2.48. The van der Waals surface area contributed by atoms with Crippen LogP contribution in [0.4, 0.5) is 5.69 Å². The van der Waals surface area contributed by atoms with Gasteiger partial charge in [-0.25, -0.2) is 0 Å². The predicted molar refractivity (Wildman–Crippen MR) is 89.2 cm³/mol. The van der Waals surface area contributed by atoms with E-state index in [0.29, 0.717) is 23.4 Å². The molecular weight excluding hydrogens is 314 g/mol. The molecule has 0 unspecified atom stereocenters. The van der Waals surface area contributed by atoms with E-state index < -0.39 is 0 Å². The summed E-state index contributed by atoms with van der Waals surface area (Å²) in [6.07, 6.45) is 0. The van der Waals surface area contributed by atoms with Crippen molar-refractivity contribution < 1.29 is 14.3 Å². The molecule has 1 aliphatic rings. The Morgan fingerprint density at radius 2 is 1.57 bits per heavy atom. The van der Waals surface area contributed by atoms with Gasteiger partial charge in [0.25, 0.3) is 0 Å². The maximum Gasteiger partial charge on any atom is 0.211 e. The highest BCUT2D eigenvalue weighted by Gasteiger charge is 2.31. The zero-order valence-electron chi connectivity index (χ0n) is 12.4. The first-order valence-electron chi connectivity index (χ1n) is 7.20. The maximum absolute atomic E-state index is 12.6. The molecule has 0 amide bonds. The quantitative estimate of drug-likeness (QED) is 0.921. The van der Waals surface area contributed by atoms with Crippen molar-refractivity contribution in [1.29, 1.82) is 0 Å². The number of ketones is 2. The summed E-state index contributed by atoms with van der Waals surface area (Å²) < 4.78 is 5.37. The van der Waals surface area contributed by atoms with Crippen molar-refractivity contribution in [3.8, 4) is 5.75 Å². The van der Waals surface area contributed by atoms with Gasteiger partial charge in [-0.1, -0.05) is 35.9 Å². The van der Waals surface area contributed by atoms with Gasteiger partial charge in [0.15, 0.2) is 0 Å². The zero-order chi connectivity index (χ0) is 16.4. The number of carbonyl (C=O) groups is 2. The molecule has 0 aromatic heterocycles. The van der Waals surface area contributed by atoms with Gasteiger partial charge in [-0.15, -0.1) is 0 Å². The smallest absolute Gasteiger partial charge is 0.211 e. The summed E-state index contributed by atoms with van der Waals surface area (Å²) in [5.41, 5.74) is 1.44. The molecule has 0 aliphatic heterocycles. The molecule has 0 radical (unpaired) electrons. The van der Waals surface area contributed by atoms with E-state index in [0.717, 1.165) is 5.75 Å². The fourth-order valence-electron chi connectivity index (χ4n) is 2.40. The van der Waals surface area contributed by atoms with Gasteiger partial charge in [0, 0.05) is 16.8 Å². The first-order valence-corrected chi connectivity index (χ1v) is 7.57. The molecule has 116 valence electrons. The molecule has 0 fully saturated rings. The van der Waals surface area contributed by atoms with Gasteiger partial charge >= 0.3 is 0 Å². The summed E-state index contributed by atoms with van der Waals surface area (Å²) in [5, 5.41) is 2.85. The summed E-state index contributed by atoms with van der Waals surface area (Å²) in [4.78, 5) is 24.9. The minimum absolute atomic E-state index is 0.0948. The van der Waals surface area contributed by atoms with Crippen molar-refractivity contribution in [2.45, 2.75) is 6.92 Å². The second-order valence-corrected chi connectivity index (χ2v) is 5.35. The highest BCUT2D eigenvalue weighted by atomic mass is 35.5. The van der Waals surface area contributed by atoms with Gasteiger partial charge in [-0.3, -0.25) is 9.59 Å². The SMILES string of the molecule is CCOc1ccc(NC2=C(Cl)C(=O)c3ccccc3C2=O)cc1. The number of benzene rings is 2. The Morgan fingerprint density at radius 3 is 2.17 bits per heavy atom. The number of hydrogen-bond donors (Lipinski definition) is 1. The fraction of sp³-hybridized carbons (Fsp3) is 0.111. The van der Waals surface area contributed by atoms with Gasteiger partial charge in [0.1, 0.15) is 16.5 Å². The van der Waals surface area contributed by atoms with Crippen molar-refractivity contribution in [1.82, 2.24) is 0 Å². The van der Waals surface area contributed by atoms with Crippen molar-refractivity contribution in [3.05, 3.63) is 70.4 Å². The van der Waals surface area contributed by atoms with Crippen LogP contribution in [0.25, 0.3) is 0 Å². The lowest BCUT2D eigenvalue weighted by Gasteiger charge is -2.19. The molecule has 5 heteroatoms. The number of allylic oxidation sites excluding steroid dienone is 2. The number of carbonyl (C=O) groups excluding carboxylic acids is 2. The van der Waals surface area contributed by atoms with Crippen LogP contribution in [-0.2, 0) is 0 Å². The third kappa shape index (κ3) is 2.85. The van der Waals surface area contributed by atoms with E-state index in [2.05, 4.69) is 5.32 Å². The number of nitrogens with one attached hydrogen (secondary N) is 1. The second-order valence-electron chi connectivity index (χ2n) is 4.98. The minimum atomic E-state index is -0.352. The molecule has 3 rings (SSSR count). The maximum atomic E-state index is 12.6. The molecule has 0 atom stereocenters. The van der Waals surface area contributed by atoms with E-state index >= 15 is 0 Å². The molecule has 2 aromatic rings. The molecule has 4 nitrogen and oxygen atoms in total. The molecule has 0 bridgehead atoms. The van der Waals surface area contributed by atoms with Crippen LogP contribution in [0.1, 0.15) is 27.6 Å². The monoisotopic (exact) mass is 327 g/mol. The van der Waals surface area contributed by atoms with Crippen LogP contribution in [0.15, 0.2) is 59.3 Å². The molecule has 0 spiro atoms. The molecule has 2 aromatic carbocycles. The topological polar surface area (TPSA) is 55.4 Å². The largest absolute Gasteiger partial charge is 0.494 e. The van der Waals surface area contributed by atoms with Gasteiger partial charge < -0.3 is 10.1 Å². The van der Waals surface area contributed by atoms with Crippen LogP contribution in [0, 0.1) is 0 Å². The van der Waals surface area contributed by atoms with E-state index in [4.69, 9.17) is 16.3 Å². The Kier molecular flexibility index (Phi) is 4.17. The lowest BCUT2D eigenvalue weighted by molar-refractivity contribution is 0.0982. The molecule has 0 saturated heterocycles. The lowest BCUT2D eigenvalue weighted by atomic mass is 9.92. The van der Waals surface area contributed by atoms with Crippen molar-refractivity contribution >= 4 is 28.9 Å². The van der Waals surface area contributed by atoms with Crippen LogP contribution >= 0.6 is 11.6 Å². The Balaban J connectivity index is 1.92. The number of rotatable bonds is 4. The third-order valence-electron chi connectivity index (χ3n) is 3.50. The van der Waals surface area contributed by atoms with Crippen LogP contribution < -0.4 is 10.1 Å². The van der Waals surface area contributed by atoms with Gasteiger partial charge in [-0.2, -0.15) is 0 Å². The zero-order valence-corrected chi connectivity index (χ0v) is 13.2. The number of anilines is 1. The normalized spacial score (nSPS) is 13.8. The molecule has 1 aliphatic carbocycles. The third-order valence-corrected chi connectivity index (χ3v) is 3.86. The van der Waals surface area contributed by atoms with Gasteiger partial charge in [-0.05, 0) is 31.2 Å². The first-order chi connectivity index (χ1) is 11.1. The van der Waals surface area contributed by atoms with E-state index in [9.17, 15) is 9.59 Å².